The summed E-state index contributed by atoms with van der Waals surface area (Å²) < 4.78 is 10.7. The maximum atomic E-state index is 13.7. The molecule has 14 heteroatoms. The third kappa shape index (κ3) is 6.21. The largest absolute Gasteiger partial charge is 0.508 e. The fourth-order valence-corrected chi connectivity index (χ4v) is 5.03. The van der Waals surface area contributed by atoms with E-state index in [1.54, 1.807) is 29.3 Å². The minimum absolute atomic E-state index is 0. The summed E-state index contributed by atoms with van der Waals surface area (Å²) in [6, 6.07) is 10.2. The van der Waals surface area contributed by atoms with E-state index in [4.69, 9.17) is 9.47 Å². The predicted molar refractivity (Wildman–Crippen MR) is 157 cm³/mol. The van der Waals surface area contributed by atoms with Gasteiger partial charge in [-0.3, -0.25) is 20.2 Å². The van der Waals surface area contributed by atoms with Crippen LogP contribution < -0.4 is 10.7 Å². The number of carbonyl (C=O) groups is 2. The second kappa shape index (κ2) is 13.6. The molecule has 0 radical (unpaired) electrons. The molecule has 2 amide bonds. The standard InChI is InChI=1S/C26H28N6O5.3ClH/c33-20-5-4-16(14-17(20)15-31-6-10-36-11-7-31)23-22-24(29-28-23)18-2-1-3-19(21(18)25(22)34)27-26(35)30-32-8-12-37-13-9-32;;;/h1-5,14,33H,6-13,15H2,(H,28,29)(H2,27,30,35);3*1H. The number of carbonyl (C=O) groups excluding carboxylic acids is 2. The van der Waals surface area contributed by atoms with E-state index in [2.05, 4.69) is 25.8 Å². The van der Waals surface area contributed by atoms with Crippen molar-refractivity contribution in [3.8, 4) is 28.3 Å². The van der Waals surface area contributed by atoms with Gasteiger partial charge in [-0.15, -0.1) is 37.2 Å². The number of phenolic OH excluding ortho intramolecular Hbond substituents is 1. The first-order chi connectivity index (χ1) is 18.1. The molecule has 2 saturated heterocycles. The van der Waals surface area contributed by atoms with E-state index >= 15 is 0 Å². The lowest BCUT2D eigenvalue weighted by atomic mass is 10.0. The van der Waals surface area contributed by atoms with Crippen molar-refractivity contribution in [2.24, 2.45) is 0 Å². The molecule has 4 N–H and O–H groups in total. The molecular formula is C26H31Cl3N6O5. The summed E-state index contributed by atoms with van der Waals surface area (Å²) >= 11 is 0. The molecule has 0 saturated carbocycles. The number of anilines is 1. The maximum absolute atomic E-state index is 13.7. The van der Waals surface area contributed by atoms with Gasteiger partial charge in [0, 0.05) is 49.4 Å². The summed E-state index contributed by atoms with van der Waals surface area (Å²) in [6.45, 7) is 5.80. The Bertz CT molecular complexity index is 1360. The Kier molecular flexibility index (Phi) is 10.8. The van der Waals surface area contributed by atoms with Crippen molar-refractivity contribution in [3.63, 3.8) is 0 Å². The van der Waals surface area contributed by atoms with Crippen LogP contribution in [-0.2, 0) is 16.0 Å². The number of rotatable bonds is 5. The average molecular weight is 614 g/mol. The number of hydrogen-bond acceptors (Lipinski definition) is 8. The molecule has 3 heterocycles. The first-order valence-corrected chi connectivity index (χ1v) is 12.4. The number of H-pyrrole nitrogens is 1. The Hall–Kier alpha value is -2.90. The van der Waals surface area contributed by atoms with Gasteiger partial charge in [-0.2, -0.15) is 5.10 Å². The molecule has 40 heavy (non-hydrogen) atoms. The van der Waals surface area contributed by atoms with Crippen LogP contribution in [0.15, 0.2) is 36.4 Å². The summed E-state index contributed by atoms with van der Waals surface area (Å²) in [7, 11) is 0. The van der Waals surface area contributed by atoms with Gasteiger partial charge < -0.3 is 19.9 Å². The van der Waals surface area contributed by atoms with E-state index in [1.807, 2.05) is 12.1 Å². The highest BCUT2D eigenvalue weighted by Crippen LogP contribution is 2.43. The van der Waals surface area contributed by atoms with Gasteiger partial charge in [0.1, 0.15) is 11.4 Å². The molecule has 216 valence electrons. The van der Waals surface area contributed by atoms with Gasteiger partial charge in [0.25, 0.3) is 0 Å². The minimum atomic E-state index is -0.414. The van der Waals surface area contributed by atoms with Crippen molar-refractivity contribution < 1.29 is 24.2 Å². The van der Waals surface area contributed by atoms with Gasteiger partial charge >= 0.3 is 6.03 Å². The van der Waals surface area contributed by atoms with Crippen molar-refractivity contribution in [2.45, 2.75) is 6.54 Å². The molecule has 2 aromatic carbocycles. The number of halogens is 3. The molecular weight excluding hydrogens is 583 g/mol. The molecule has 11 nitrogen and oxygen atoms in total. The second-order valence-corrected chi connectivity index (χ2v) is 9.28. The van der Waals surface area contributed by atoms with Crippen molar-refractivity contribution in [1.82, 2.24) is 25.5 Å². The fraction of sp³-hybridized carbons (Fsp3) is 0.346. The third-order valence-electron chi connectivity index (χ3n) is 6.92. The number of hydrogen-bond donors (Lipinski definition) is 4. The molecule has 1 aliphatic carbocycles. The summed E-state index contributed by atoms with van der Waals surface area (Å²) in [4.78, 5) is 28.5. The number of urea groups is 1. The van der Waals surface area contributed by atoms with Crippen LogP contribution >= 0.6 is 37.2 Å². The summed E-state index contributed by atoms with van der Waals surface area (Å²) in [5.74, 6) is -0.00590. The molecule has 0 unspecified atom stereocenters. The highest BCUT2D eigenvalue weighted by Gasteiger charge is 2.35. The van der Waals surface area contributed by atoms with Crippen LogP contribution in [0.4, 0.5) is 10.5 Å². The summed E-state index contributed by atoms with van der Waals surface area (Å²) in [5, 5.41) is 22.6. The van der Waals surface area contributed by atoms with E-state index in [0.717, 1.165) is 24.2 Å². The Morgan fingerprint density at radius 2 is 1.68 bits per heavy atom. The smallest absolute Gasteiger partial charge is 0.333 e. The van der Waals surface area contributed by atoms with Gasteiger partial charge in [-0.05, 0) is 24.3 Å². The Morgan fingerprint density at radius 3 is 2.40 bits per heavy atom. The van der Waals surface area contributed by atoms with Gasteiger partial charge in [0.2, 0.25) is 0 Å². The number of morpholine rings is 2. The zero-order valence-electron chi connectivity index (χ0n) is 21.5. The molecule has 3 aromatic rings. The number of nitrogens with one attached hydrogen (secondary N) is 3. The molecule has 0 bridgehead atoms. The van der Waals surface area contributed by atoms with Crippen LogP contribution in [0.3, 0.4) is 0 Å². The number of phenols is 1. The van der Waals surface area contributed by atoms with E-state index in [-0.39, 0.29) is 48.8 Å². The number of ketones is 1. The predicted octanol–water partition coefficient (Wildman–Crippen LogP) is 3.46. The topological polar surface area (TPSA) is 132 Å². The van der Waals surface area contributed by atoms with E-state index in [0.29, 0.717) is 79.8 Å². The summed E-state index contributed by atoms with van der Waals surface area (Å²) in [6.07, 6.45) is 0. The van der Waals surface area contributed by atoms with Gasteiger partial charge in [-0.1, -0.05) is 12.1 Å². The number of ether oxygens (including phenoxy) is 2. The number of fused-ring (bicyclic) bond motifs is 3. The normalized spacial score (nSPS) is 16.6. The lowest BCUT2D eigenvalue weighted by Gasteiger charge is -2.27. The number of nitrogens with zero attached hydrogens (tertiary/aromatic N) is 3. The van der Waals surface area contributed by atoms with Crippen LogP contribution in [0, 0.1) is 0 Å². The molecule has 3 aliphatic rings. The molecule has 0 spiro atoms. The Labute approximate surface area is 249 Å². The number of benzene rings is 2. The monoisotopic (exact) mass is 612 g/mol. The number of aromatic hydroxyl groups is 1. The van der Waals surface area contributed by atoms with Gasteiger partial charge in [-0.25, -0.2) is 9.80 Å². The zero-order chi connectivity index (χ0) is 25.4. The van der Waals surface area contributed by atoms with Crippen molar-refractivity contribution >= 4 is 54.7 Å². The highest BCUT2D eigenvalue weighted by molar-refractivity contribution is 6.26. The number of hydrazine groups is 1. The molecule has 1 aromatic heterocycles. The maximum Gasteiger partial charge on any atom is 0.333 e. The van der Waals surface area contributed by atoms with E-state index in [9.17, 15) is 14.7 Å². The van der Waals surface area contributed by atoms with Gasteiger partial charge in [0.05, 0.1) is 48.9 Å². The quantitative estimate of drug-likeness (QED) is 0.269. The van der Waals surface area contributed by atoms with Crippen LogP contribution in [0.25, 0.3) is 22.5 Å². The zero-order valence-corrected chi connectivity index (χ0v) is 23.9. The van der Waals surface area contributed by atoms with Crippen molar-refractivity contribution in [1.29, 1.82) is 0 Å². The molecule has 2 aliphatic heterocycles. The van der Waals surface area contributed by atoms with E-state index in [1.165, 1.54) is 0 Å². The second-order valence-electron chi connectivity index (χ2n) is 9.28. The first-order valence-electron chi connectivity index (χ1n) is 12.4. The lowest BCUT2D eigenvalue weighted by molar-refractivity contribution is 0.0207. The third-order valence-corrected chi connectivity index (χ3v) is 6.92. The lowest BCUT2D eigenvalue weighted by Crippen LogP contribution is -2.49. The van der Waals surface area contributed by atoms with E-state index < -0.39 is 6.03 Å². The van der Waals surface area contributed by atoms with Gasteiger partial charge in [0.15, 0.2) is 5.78 Å². The van der Waals surface area contributed by atoms with Crippen LogP contribution in [0.2, 0.25) is 0 Å². The molecule has 0 atom stereocenters. The van der Waals surface area contributed by atoms with Crippen molar-refractivity contribution in [2.75, 3.05) is 57.9 Å². The number of aromatic nitrogens is 2. The van der Waals surface area contributed by atoms with Crippen LogP contribution in [0.1, 0.15) is 21.5 Å². The Morgan fingerprint density at radius 1 is 0.975 bits per heavy atom. The highest BCUT2D eigenvalue weighted by atomic mass is 35.5. The van der Waals surface area contributed by atoms with Crippen LogP contribution in [-0.4, -0.2) is 89.6 Å². The molecule has 2 fully saturated rings. The average Bonchev–Trinajstić information content (AvgIpc) is 3.47. The first kappa shape index (κ1) is 31.6. The number of aromatic amines is 1. The molecule has 6 rings (SSSR count). The SMILES string of the molecule is Cl.Cl.Cl.O=C(Nc1cccc2c1C(=O)c1c(-c3ccc(O)c(CN4CCOCC4)c3)n[nH]c1-2)NN1CCOCC1. The fourth-order valence-electron chi connectivity index (χ4n) is 5.03. The van der Waals surface area contributed by atoms with Crippen molar-refractivity contribution in [3.05, 3.63) is 53.1 Å². The van der Waals surface area contributed by atoms with Crippen LogP contribution in [0.5, 0.6) is 5.75 Å². The Balaban J connectivity index is 0.00000147. The minimum Gasteiger partial charge on any atom is -0.508 e. The summed E-state index contributed by atoms with van der Waals surface area (Å²) in [5.41, 5.74) is 7.45. The number of amides is 2.